The third kappa shape index (κ3) is 8.74. The van der Waals surface area contributed by atoms with Crippen molar-refractivity contribution in [3.63, 3.8) is 0 Å². The highest BCUT2D eigenvalue weighted by Gasteiger charge is 2.63. The van der Waals surface area contributed by atoms with E-state index >= 15 is 4.79 Å². The summed E-state index contributed by atoms with van der Waals surface area (Å²) in [6, 6.07) is 6.18. The van der Waals surface area contributed by atoms with Gasteiger partial charge in [0.2, 0.25) is 33.6 Å². The fourth-order valence-corrected chi connectivity index (χ4v) is 11.5. The third-order valence-corrected chi connectivity index (χ3v) is 16.7. The molecule has 8 rings (SSSR count). The summed E-state index contributed by atoms with van der Waals surface area (Å²) in [7, 11) is -3.96. The van der Waals surface area contributed by atoms with Crippen LogP contribution in [0.5, 0.6) is 11.8 Å². The monoisotopic (exact) mass is 851 g/mol. The number of allylic oxidation sites excluding steroid dienone is 2. The lowest BCUT2D eigenvalue weighted by Crippen LogP contribution is -2.48. The number of ketones is 1. The summed E-state index contributed by atoms with van der Waals surface area (Å²) in [4.78, 5) is 63.9. The van der Waals surface area contributed by atoms with Crippen LogP contribution >= 0.6 is 11.6 Å². The molecule has 1 aromatic heterocycles. The fraction of sp³-hybridized carbons (Fsp3) is 0.667. The van der Waals surface area contributed by atoms with Crippen LogP contribution in [0.2, 0.25) is 5.02 Å². The number of benzene rings is 1. The normalized spacial score (nSPS) is 34.4. The van der Waals surface area contributed by atoms with Crippen LogP contribution in [0.15, 0.2) is 36.4 Å². The maximum absolute atomic E-state index is 15.1. The van der Waals surface area contributed by atoms with E-state index in [1.54, 1.807) is 30.0 Å². The number of rotatable bonds is 11. The number of ether oxygens (including phenoxy) is 3. The zero-order valence-corrected chi connectivity index (χ0v) is 36.2. The van der Waals surface area contributed by atoms with E-state index in [-0.39, 0.29) is 67.2 Å². The Labute approximate surface area is 352 Å². The Hall–Kier alpha value is -3.71. The first-order chi connectivity index (χ1) is 28.1. The van der Waals surface area contributed by atoms with Gasteiger partial charge in [-0.3, -0.25) is 23.9 Å². The van der Waals surface area contributed by atoms with Gasteiger partial charge in [0.1, 0.15) is 12.2 Å². The molecule has 10 atom stereocenters. The highest BCUT2D eigenvalue weighted by molar-refractivity contribution is 7.91. The van der Waals surface area contributed by atoms with Crippen LogP contribution in [-0.4, -0.2) is 78.0 Å². The topological polar surface area (TPSA) is 158 Å². The summed E-state index contributed by atoms with van der Waals surface area (Å²) < 4.78 is 46.5. The van der Waals surface area contributed by atoms with Crippen LogP contribution in [0.1, 0.15) is 111 Å². The fourth-order valence-electron chi connectivity index (χ4n) is 9.97. The molecule has 14 heteroatoms. The van der Waals surface area contributed by atoms with Crippen LogP contribution in [0.25, 0.3) is 10.8 Å². The molecule has 1 N–H and O–H groups in total. The summed E-state index contributed by atoms with van der Waals surface area (Å²) in [5, 5.41) is 1.81. The highest BCUT2D eigenvalue weighted by atomic mass is 35.5. The van der Waals surface area contributed by atoms with Crippen LogP contribution < -0.4 is 14.2 Å². The lowest BCUT2D eigenvalue weighted by Gasteiger charge is -2.32. The molecule has 3 heterocycles. The molecule has 1 aromatic carbocycles. The first-order valence-corrected chi connectivity index (χ1v) is 23.6. The second-order valence-corrected chi connectivity index (χ2v) is 21.5. The van der Waals surface area contributed by atoms with Crippen molar-refractivity contribution in [3.05, 3.63) is 41.4 Å². The molecule has 1 unspecified atom stereocenters. The van der Waals surface area contributed by atoms with Crippen molar-refractivity contribution in [3.8, 4) is 11.8 Å². The molecule has 0 bridgehead atoms. The Balaban J connectivity index is 1.12. The maximum atomic E-state index is 15.1. The van der Waals surface area contributed by atoms with E-state index in [9.17, 15) is 22.8 Å². The average molecular weight is 852 g/mol. The molecule has 2 aromatic rings. The smallest absolute Gasteiger partial charge is 0.306 e. The molecule has 4 saturated carbocycles. The summed E-state index contributed by atoms with van der Waals surface area (Å²) in [6.07, 6.45) is 10.1. The lowest BCUT2D eigenvalue weighted by atomic mass is 9.82. The van der Waals surface area contributed by atoms with Crippen LogP contribution in [0.4, 0.5) is 0 Å². The van der Waals surface area contributed by atoms with Gasteiger partial charge in [0.05, 0.1) is 41.7 Å². The lowest BCUT2D eigenvalue weighted by molar-refractivity contribution is -0.155. The van der Waals surface area contributed by atoms with Crippen molar-refractivity contribution in [2.75, 3.05) is 13.2 Å². The molecule has 2 aliphatic heterocycles. The average Bonchev–Trinajstić information content (AvgIpc) is 4.14. The number of nitrogens with one attached hydrogen (secondary N) is 1. The molecular formula is C45H58ClN3O9S. The Morgan fingerprint density at radius 3 is 2.53 bits per heavy atom. The van der Waals surface area contributed by atoms with Gasteiger partial charge in [0.25, 0.3) is 0 Å². The molecule has 6 aliphatic rings. The van der Waals surface area contributed by atoms with Crippen molar-refractivity contribution in [1.29, 1.82) is 0 Å². The van der Waals surface area contributed by atoms with Gasteiger partial charge in [-0.2, -0.15) is 4.98 Å². The molecule has 4 aliphatic carbocycles. The van der Waals surface area contributed by atoms with E-state index in [0.29, 0.717) is 65.8 Å². The zero-order chi connectivity index (χ0) is 41.9. The quantitative estimate of drug-likeness (QED) is 0.179. The maximum Gasteiger partial charge on any atom is 0.306 e. The number of hydrogen-bond acceptors (Lipinski definition) is 10. The largest absolute Gasteiger partial charge is 0.478 e. The number of hydrogen-bond donors (Lipinski definition) is 1. The molecule has 320 valence electrons. The van der Waals surface area contributed by atoms with Crippen molar-refractivity contribution in [2.24, 2.45) is 40.9 Å². The second-order valence-electron chi connectivity index (χ2n) is 18.9. The van der Waals surface area contributed by atoms with Crippen molar-refractivity contribution in [1.82, 2.24) is 14.6 Å². The first-order valence-electron chi connectivity index (χ1n) is 21.7. The number of nitrogens with zero attached hydrogens (tertiary/aromatic N) is 2. The van der Waals surface area contributed by atoms with Crippen molar-refractivity contribution in [2.45, 2.75) is 134 Å². The Morgan fingerprint density at radius 2 is 1.80 bits per heavy atom. The Morgan fingerprint density at radius 1 is 1.03 bits per heavy atom. The van der Waals surface area contributed by atoms with E-state index in [2.05, 4.69) is 11.6 Å². The molecular weight excluding hydrogens is 794 g/mol. The summed E-state index contributed by atoms with van der Waals surface area (Å²) >= 11 is 6.64. The molecule has 5 fully saturated rings. The minimum atomic E-state index is -3.96. The SMILES string of the molecule is CCCOc1cc2c(Cl)cccc2c(O[C@@H]2C[C@H]3C(=O)C[C@]4(C(=O)NS(=O)(=O)C5(C)CC5)C[C@H]4/C=C\CC[C@H](C)C[C@@H](C)[C@H](CC(=O)OC4C[C@@H]5C[C@@H]5C4)C(=O)N3C2)n1. The van der Waals surface area contributed by atoms with Crippen molar-refractivity contribution < 1.29 is 41.8 Å². The summed E-state index contributed by atoms with van der Waals surface area (Å²) in [6.45, 7) is 8.22. The predicted molar refractivity (Wildman–Crippen MR) is 222 cm³/mol. The molecule has 1 saturated heterocycles. The van der Waals surface area contributed by atoms with Gasteiger partial charge in [-0.05, 0) is 113 Å². The Bertz CT molecular complexity index is 2130. The number of fused-ring (bicyclic) bond motifs is 4. The van der Waals surface area contributed by atoms with E-state index < -0.39 is 50.1 Å². The molecule has 59 heavy (non-hydrogen) atoms. The van der Waals surface area contributed by atoms with E-state index in [4.69, 9.17) is 30.8 Å². The molecule has 2 amide bonds. The van der Waals surface area contributed by atoms with Gasteiger partial charge in [-0.25, -0.2) is 8.42 Å². The number of sulfonamides is 1. The first kappa shape index (κ1) is 42.0. The number of esters is 1. The van der Waals surface area contributed by atoms with Gasteiger partial charge in [0.15, 0.2) is 5.78 Å². The molecule has 0 spiro atoms. The number of pyridine rings is 1. The number of aromatic nitrogens is 1. The Kier molecular flexibility index (Phi) is 11.6. The summed E-state index contributed by atoms with van der Waals surface area (Å²) in [5.41, 5.74) is -1.27. The van der Waals surface area contributed by atoms with Crippen molar-refractivity contribution >= 4 is 56.0 Å². The van der Waals surface area contributed by atoms with Gasteiger partial charge in [-0.1, -0.05) is 50.6 Å². The molecule has 12 nitrogen and oxygen atoms in total. The number of halogens is 1. The predicted octanol–water partition coefficient (Wildman–Crippen LogP) is 7.35. The number of Topliss-reactive ketones (excluding diaryl/α,β-unsaturated/α-hetero) is 1. The molecule has 0 radical (unpaired) electrons. The van der Waals surface area contributed by atoms with Gasteiger partial charge < -0.3 is 19.1 Å². The number of carbonyl (C=O) groups is 4. The third-order valence-electron chi connectivity index (χ3n) is 14.2. The van der Waals surface area contributed by atoms with Crippen LogP contribution in [0.3, 0.4) is 0 Å². The van der Waals surface area contributed by atoms with Crippen LogP contribution in [-0.2, 0) is 33.9 Å². The highest BCUT2D eigenvalue weighted by Crippen LogP contribution is 2.58. The van der Waals surface area contributed by atoms with E-state index in [0.717, 1.165) is 32.1 Å². The van der Waals surface area contributed by atoms with Gasteiger partial charge in [-0.15, -0.1) is 0 Å². The summed E-state index contributed by atoms with van der Waals surface area (Å²) in [5.74, 6) is -0.990. The number of carbonyl (C=O) groups excluding carboxylic acids is 4. The van der Waals surface area contributed by atoms with Gasteiger partial charge in [0, 0.05) is 34.7 Å². The number of amides is 2. The minimum Gasteiger partial charge on any atom is -0.478 e. The second kappa shape index (κ2) is 16.3. The van der Waals surface area contributed by atoms with E-state index in [1.165, 1.54) is 6.42 Å². The zero-order valence-electron chi connectivity index (χ0n) is 34.6. The van der Waals surface area contributed by atoms with Gasteiger partial charge >= 0.3 is 5.97 Å². The standard InChI is InChI=1S/C45H58ClN3O9S/c1-5-15-56-39-21-35-33(11-8-12-36(35)46)41(47-39)58-32-20-37-38(50)24-45(43(53)48-59(54,55)44(4)13-14-44)23-30(45)10-7-6-9-26(2)16-27(3)34(42(52)49(37)25-32)22-40(51)57-31-18-28-17-29(28)19-31/h7-8,10-12,21,26-32,34,37H,5-6,9,13-20,22-25H2,1-4H3,(H,48,53)/b10-7-/t26-,27+,28-,29+,30+,31?,32+,34-,37-,45+/m0/s1. The van der Waals surface area contributed by atoms with E-state index in [1.807, 2.05) is 32.1 Å². The minimum absolute atomic E-state index is 0.0358. The van der Waals surface area contributed by atoms with Crippen LogP contribution in [0, 0.1) is 40.9 Å².